The number of aromatic hydroxyl groups is 1. The first-order valence-electron chi connectivity index (χ1n) is 17.5. The van der Waals surface area contributed by atoms with Gasteiger partial charge in [0.05, 0.1) is 33.0 Å². The molecule has 2 amide bonds. The highest BCUT2D eigenvalue weighted by molar-refractivity contribution is 9.10. The van der Waals surface area contributed by atoms with Gasteiger partial charge in [0.1, 0.15) is 17.4 Å². The second-order valence-electron chi connectivity index (χ2n) is 12.1. The Balaban J connectivity index is 1.13. The highest BCUT2D eigenvalue weighted by atomic mass is 79.9. The maximum absolute atomic E-state index is 12.8. The van der Waals surface area contributed by atoms with Gasteiger partial charge in [-0.3, -0.25) is 14.6 Å². The van der Waals surface area contributed by atoms with E-state index in [9.17, 15) is 14.7 Å². The number of rotatable bonds is 16. The van der Waals surface area contributed by atoms with E-state index >= 15 is 0 Å². The summed E-state index contributed by atoms with van der Waals surface area (Å²) in [5.41, 5.74) is 3.67. The molecule has 0 aromatic heterocycles. The van der Waals surface area contributed by atoms with Crippen LogP contribution in [0.15, 0.2) is 123 Å². The van der Waals surface area contributed by atoms with Gasteiger partial charge < -0.3 is 35.8 Å². The molecule has 4 aromatic carbocycles. The highest BCUT2D eigenvalue weighted by Crippen LogP contribution is 2.21. The van der Waals surface area contributed by atoms with Crippen molar-refractivity contribution in [1.29, 1.82) is 0 Å². The summed E-state index contributed by atoms with van der Waals surface area (Å²) in [6, 6.07) is 30.8. The quantitative estimate of drug-likeness (QED) is 0.0629. The molecule has 0 saturated carbocycles. The van der Waals surface area contributed by atoms with E-state index in [4.69, 9.17) is 24.5 Å². The van der Waals surface area contributed by atoms with Crippen LogP contribution in [0.5, 0.6) is 5.75 Å². The number of phenolic OH excluding ortho intramolecular Hbond substituents is 1. The Morgan fingerprint density at radius 1 is 0.774 bits per heavy atom. The number of aliphatic imine (C=N–C) groups is 3. The third kappa shape index (κ3) is 13.0. The molecule has 0 bridgehead atoms. The average Bonchev–Trinajstić information content (AvgIpc) is 3.34. The summed E-state index contributed by atoms with van der Waals surface area (Å²) in [4.78, 5) is 39.3. The van der Waals surface area contributed by atoms with Gasteiger partial charge in [-0.25, -0.2) is 0 Å². The maximum atomic E-state index is 12.8. The average molecular weight is 783 g/mol. The van der Waals surface area contributed by atoms with Gasteiger partial charge in [-0.15, -0.1) is 0 Å². The molecule has 1 aliphatic rings. The van der Waals surface area contributed by atoms with Crippen LogP contribution in [-0.2, 0) is 16.0 Å². The van der Waals surface area contributed by atoms with Gasteiger partial charge in [-0.2, -0.15) is 9.98 Å². The van der Waals surface area contributed by atoms with Crippen molar-refractivity contribution in [1.82, 2.24) is 10.6 Å². The molecular weight excluding hydrogens is 738 g/mol. The second-order valence-corrected chi connectivity index (χ2v) is 13.0. The molecule has 0 fully saturated rings. The van der Waals surface area contributed by atoms with Gasteiger partial charge in [0, 0.05) is 52.4 Å². The number of carbonyl (C=O) groups is 2. The summed E-state index contributed by atoms with van der Waals surface area (Å²) in [6.07, 6.45) is 1.33. The predicted octanol–water partition coefficient (Wildman–Crippen LogP) is 6.65. The van der Waals surface area contributed by atoms with E-state index in [1.54, 1.807) is 48.5 Å². The smallest absolute Gasteiger partial charge is 0.251 e. The zero-order valence-electron chi connectivity index (χ0n) is 29.6. The van der Waals surface area contributed by atoms with Crippen LogP contribution in [0.3, 0.4) is 0 Å². The number of halogens is 1. The molecule has 0 aliphatic carbocycles. The SMILES string of the molecule is CCC1CC(=NCCOCCOCCNC(=O)c2ccccc2)N=C(Nc2ccc(O)cc2)N=C1Nc1ccc(C(=O)NCc2ccc(Br)cc2)cc1. The zero-order chi connectivity index (χ0) is 37.3. The molecule has 0 spiro atoms. The summed E-state index contributed by atoms with van der Waals surface area (Å²) in [7, 11) is 0. The van der Waals surface area contributed by atoms with Gasteiger partial charge >= 0.3 is 0 Å². The lowest BCUT2D eigenvalue weighted by molar-refractivity contribution is 0.0512. The molecular formula is C40H44BrN7O5. The van der Waals surface area contributed by atoms with Crippen molar-refractivity contribution in [2.75, 3.05) is 50.2 Å². The lowest BCUT2D eigenvalue weighted by atomic mass is 10.00. The normalized spacial score (nSPS) is 14.8. The van der Waals surface area contributed by atoms with Crippen molar-refractivity contribution in [3.8, 4) is 5.75 Å². The van der Waals surface area contributed by atoms with E-state index in [2.05, 4.69) is 44.1 Å². The number of nitrogens with zero attached hydrogens (tertiary/aromatic N) is 3. The maximum Gasteiger partial charge on any atom is 0.251 e. The number of amidine groups is 2. The van der Waals surface area contributed by atoms with Crippen molar-refractivity contribution >= 4 is 56.7 Å². The molecule has 0 radical (unpaired) electrons. The molecule has 4 aromatic rings. The molecule has 12 nitrogen and oxygen atoms in total. The summed E-state index contributed by atoms with van der Waals surface area (Å²) in [5, 5.41) is 22.3. The van der Waals surface area contributed by atoms with Crippen LogP contribution in [0.25, 0.3) is 0 Å². The number of hydrogen-bond acceptors (Lipinski definition) is 9. The fraction of sp³-hybridized carbons (Fsp3) is 0.275. The number of phenols is 1. The Bertz CT molecular complexity index is 1870. The minimum Gasteiger partial charge on any atom is -0.508 e. The minimum atomic E-state index is -0.160. The Hall–Kier alpha value is -5.37. The van der Waals surface area contributed by atoms with Crippen molar-refractivity contribution in [2.24, 2.45) is 20.9 Å². The summed E-state index contributed by atoms with van der Waals surface area (Å²) < 4.78 is 12.3. The number of amides is 2. The Kier molecular flexibility index (Phi) is 15.1. The second kappa shape index (κ2) is 20.6. The van der Waals surface area contributed by atoms with E-state index in [0.29, 0.717) is 86.9 Å². The van der Waals surface area contributed by atoms with Crippen LogP contribution in [0.4, 0.5) is 11.4 Å². The molecule has 1 unspecified atom stereocenters. The third-order valence-electron chi connectivity index (χ3n) is 8.15. The van der Waals surface area contributed by atoms with Crippen LogP contribution in [-0.4, -0.2) is 74.1 Å². The zero-order valence-corrected chi connectivity index (χ0v) is 31.1. The van der Waals surface area contributed by atoms with E-state index in [0.717, 1.165) is 22.1 Å². The Morgan fingerprint density at radius 2 is 1.42 bits per heavy atom. The number of ether oxygens (including phenoxy) is 2. The number of benzene rings is 4. The molecule has 5 rings (SSSR count). The first-order valence-corrected chi connectivity index (χ1v) is 18.3. The van der Waals surface area contributed by atoms with E-state index in [1.807, 2.05) is 54.6 Å². The lowest BCUT2D eigenvalue weighted by Crippen LogP contribution is -2.27. The molecule has 53 heavy (non-hydrogen) atoms. The van der Waals surface area contributed by atoms with Gasteiger partial charge in [0.2, 0.25) is 5.96 Å². The third-order valence-corrected chi connectivity index (χ3v) is 8.68. The molecule has 13 heteroatoms. The molecule has 5 N–H and O–H groups in total. The van der Waals surface area contributed by atoms with Gasteiger partial charge in [-0.1, -0.05) is 53.2 Å². The van der Waals surface area contributed by atoms with Crippen molar-refractivity contribution in [3.63, 3.8) is 0 Å². The number of hydrogen-bond donors (Lipinski definition) is 5. The van der Waals surface area contributed by atoms with Crippen molar-refractivity contribution < 1.29 is 24.2 Å². The predicted molar refractivity (Wildman–Crippen MR) is 213 cm³/mol. The summed E-state index contributed by atoms with van der Waals surface area (Å²) >= 11 is 3.43. The fourth-order valence-corrected chi connectivity index (χ4v) is 5.51. The number of carbonyl (C=O) groups excluding carboxylic acids is 2. The number of anilines is 2. The van der Waals surface area contributed by atoms with Gasteiger partial charge in [0.25, 0.3) is 11.8 Å². The summed E-state index contributed by atoms with van der Waals surface area (Å²) in [6.45, 7) is 4.91. The van der Waals surface area contributed by atoms with E-state index in [1.165, 1.54) is 0 Å². The van der Waals surface area contributed by atoms with Crippen molar-refractivity contribution in [3.05, 3.63) is 124 Å². The standard InChI is InChI=1S/C40H44BrN7O5/c1-2-29-26-36(42-20-22-52-24-25-53-23-21-43-38(50)30-6-4-3-5-7-30)47-40(46-34-16-18-35(49)19-17-34)48-37(29)45-33-14-10-31(11-15-33)39(51)44-27-28-8-12-32(41)13-9-28/h3-19,29,49H,2,20-27H2,1H3,(H,43,50)(H,44,51)(H2,42,45,46,47,48). The van der Waals surface area contributed by atoms with Crippen LogP contribution in [0, 0.1) is 5.92 Å². The number of nitrogens with one attached hydrogen (secondary N) is 4. The summed E-state index contributed by atoms with van der Waals surface area (Å²) in [5.74, 6) is 1.55. The van der Waals surface area contributed by atoms with E-state index < -0.39 is 0 Å². The van der Waals surface area contributed by atoms with Crippen LogP contribution in [0.1, 0.15) is 46.0 Å². The monoisotopic (exact) mass is 781 g/mol. The minimum absolute atomic E-state index is 0.0118. The molecule has 276 valence electrons. The first kappa shape index (κ1) is 38.9. The van der Waals surface area contributed by atoms with E-state index in [-0.39, 0.29) is 23.5 Å². The van der Waals surface area contributed by atoms with Crippen LogP contribution in [0.2, 0.25) is 0 Å². The Labute approximate surface area is 318 Å². The molecule has 1 atom stereocenters. The highest BCUT2D eigenvalue weighted by Gasteiger charge is 2.22. The largest absolute Gasteiger partial charge is 0.508 e. The van der Waals surface area contributed by atoms with Crippen LogP contribution >= 0.6 is 15.9 Å². The molecule has 1 aliphatic heterocycles. The Morgan fingerprint density at radius 3 is 2.13 bits per heavy atom. The van der Waals surface area contributed by atoms with Gasteiger partial charge in [0.15, 0.2) is 0 Å². The van der Waals surface area contributed by atoms with Gasteiger partial charge in [-0.05, 0) is 84.8 Å². The topological polar surface area (TPSA) is 158 Å². The number of guanidine groups is 1. The van der Waals surface area contributed by atoms with Crippen LogP contribution < -0.4 is 21.3 Å². The molecule has 1 heterocycles. The van der Waals surface area contributed by atoms with Crippen molar-refractivity contribution in [2.45, 2.75) is 26.3 Å². The lowest BCUT2D eigenvalue weighted by Gasteiger charge is -2.18. The molecule has 0 saturated heterocycles. The fourth-order valence-electron chi connectivity index (χ4n) is 5.24. The first-order chi connectivity index (χ1) is 25.9.